The minimum absolute atomic E-state index is 0.00341. The van der Waals surface area contributed by atoms with E-state index < -0.39 is 0 Å². The first-order valence-electron chi connectivity index (χ1n) is 33.3. The molecule has 3 nitrogen and oxygen atoms in total. The van der Waals surface area contributed by atoms with Crippen LogP contribution in [0.5, 0.6) is 0 Å². The summed E-state index contributed by atoms with van der Waals surface area (Å²) in [5.74, 6) is 3.07. The normalized spacial score (nSPS) is 24.6. The summed E-state index contributed by atoms with van der Waals surface area (Å²) in [7, 11) is 0. The summed E-state index contributed by atoms with van der Waals surface area (Å²) < 4.78 is 7.94. The lowest BCUT2D eigenvalue weighted by Gasteiger charge is -2.61. The smallest absolute Gasteiger partial charge is 0.297 e. The summed E-state index contributed by atoms with van der Waals surface area (Å²) in [6.07, 6.45) is 11.6. The largest absolute Gasteiger partial charge is 0.468 e. The van der Waals surface area contributed by atoms with E-state index in [1.807, 2.05) is 0 Å². The SMILES string of the molecule is CC(C)(C)c1cc2c3c(c1)N(c1cccc4c1-c1ccccc1C41C4CC5CC(C4)CC1C5)c1c(oc4cc5c(cc14)C(C)(C)CCC5(C)C)B3c1ccc3cc(C(C)(C)C)ccc3c1N2c1ccc(-c2ccc3c(c2)C(C)(C)CCC3(C)C)cc1. The van der Waals surface area contributed by atoms with Crippen molar-refractivity contribution < 1.29 is 4.42 Å². The predicted octanol–water partition coefficient (Wildman–Crippen LogP) is 20.4. The molecule has 9 aromatic rings. The van der Waals surface area contributed by atoms with Gasteiger partial charge in [-0.25, -0.2) is 0 Å². The van der Waals surface area contributed by atoms with Crippen LogP contribution < -0.4 is 26.4 Å². The maximum Gasteiger partial charge on any atom is 0.297 e. The van der Waals surface area contributed by atoms with Crippen LogP contribution in [0.4, 0.5) is 34.1 Å². The molecule has 0 atom stereocenters. The van der Waals surface area contributed by atoms with Crippen molar-refractivity contribution >= 4 is 79.2 Å². The average Bonchev–Trinajstić information content (AvgIpc) is 1.41. The van der Waals surface area contributed by atoms with E-state index in [0.29, 0.717) is 11.8 Å². The Morgan fingerprint density at radius 1 is 0.453 bits per heavy atom. The van der Waals surface area contributed by atoms with Gasteiger partial charge in [-0.15, -0.1) is 0 Å². The summed E-state index contributed by atoms with van der Waals surface area (Å²) in [6, 6.07) is 56.9. The van der Waals surface area contributed by atoms with Gasteiger partial charge < -0.3 is 14.2 Å². The topological polar surface area (TPSA) is 19.6 Å². The molecular formula is C82H87BN2O. The van der Waals surface area contributed by atoms with Gasteiger partial charge in [0.1, 0.15) is 5.58 Å². The van der Waals surface area contributed by atoms with Crippen LogP contribution in [0.2, 0.25) is 0 Å². The number of hydrogen-bond acceptors (Lipinski definition) is 3. The third-order valence-corrected chi connectivity index (χ3v) is 24.5. The van der Waals surface area contributed by atoms with Crippen LogP contribution in [0.1, 0.15) is 199 Å². The highest BCUT2D eigenvalue weighted by Crippen LogP contribution is 2.71. The molecule has 434 valence electrons. The molecule has 0 amide bonds. The molecule has 0 saturated heterocycles. The lowest BCUT2D eigenvalue weighted by molar-refractivity contribution is -0.0399. The third-order valence-electron chi connectivity index (χ3n) is 24.5. The Bertz CT molecular complexity index is 4380. The Labute approximate surface area is 513 Å². The summed E-state index contributed by atoms with van der Waals surface area (Å²) in [5.41, 5.74) is 29.5. The molecule has 7 aliphatic carbocycles. The number of fused-ring (bicyclic) bond motifs is 13. The molecule has 4 heteroatoms. The number of hydrogen-bond donors (Lipinski definition) is 0. The van der Waals surface area contributed by atoms with E-state index in [1.54, 1.807) is 11.1 Å². The van der Waals surface area contributed by atoms with Gasteiger partial charge in [-0.05, 0) is 234 Å². The second kappa shape index (κ2) is 17.3. The first kappa shape index (κ1) is 53.5. The molecule has 4 fully saturated rings. The molecule has 0 unspecified atom stereocenters. The van der Waals surface area contributed by atoms with Crippen molar-refractivity contribution in [1.29, 1.82) is 0 Å². The monoisotopic (exact) mass is 1130 g/mol. The van der Waals surface area contributed by atoms with Gasteiger partial charge in [0.2, 0.25) is 0 Å². The van der Waals surface area contributed by atoms with Gasteiger partial charge in [0, 0.05) is 44.5 Å². The molecule has 4 saturated carbocycles. The van der Waals surface area contributed by atoms with E-state index >= 15 is 0 Å². The molecule has 1 spiro atoms. The van der Waals surface area contributed by atoms with Crippen molar-refractivity contribution in [1.82, 2.24) is 0 Å². The van der Waals surface area contributed by atoms with Crippen molar-refractivity contribution in [3.8, 4) is 22.3 Å². The van der Waals surface area contributed by atoms with Crippen LogP contribution in [0, 0.1) is 23.7 Å². The zero-order chi connectivity index (χ0) is 59.3. The number of benzene rings is 8. The van der Waals surface area contributed by atoms with Crippen molar-refractivity contribution in [3.05, 3.63) is 184 Å². The second-order valence-electron chi connectivity index (χ2n) is 33.4. The first-order valence-corrected chi connectivity index (χ1v) is 33.3. The highest BCUT2D eigenvalue weighted by Gasteiger charge is 2.62. The van der Waals surface area contributed by atoms with E-state index in [0.717, 1.165) is 35.9 Å². The lowest BCUT2D eigenvalue weighted by Crippen LogP contribution is -2.61. The van der Waals surface area contributed by atoms with E-state index in [2.05, 4.69) is 246 Å². The minimum atomic E-state index is -0.180. The van der Waals surface area contributed by atoms with Crippen LogP contribution >= 0.6 is 0 Å². The fourth-order valence-electron chi connectivity index (χ4n) is 19.7. The molecule has 3 heterocycles. The summed E-state index contributed by atoms with van der Waals surface area (Å²) in [6.45, 7) is 33.8. The Kier molecular flexibility index (Phi) is 10.8. The van der Waals surface area contributed by atoms with Crippen molar-refractivity contribution in [2.24, 2.45) is 23.7 Å². The molecule has 2 aliphatic heterocycles. The average molecular weight is 1130 g/mol. The molecule has 4 bridgehead atoms. The van der Waals surface area contributed by atoms with Crippen molar-refractivity contribution in [2.45, 2.75) is 193 Å². The molecule has 18 rings (SSSR count). The van der Waals surface area contributed by atoms with Crippen LogP contribution in [0.15, 0.2) is 144 Å². The van der Waals surface area contributed by atoms with Gasteiger partial charge in [-0.2, -0.15) is 0 Å². The van der Waals surface area contributed by atoms with E-state index in [9.17, 15) is 0 Å². The van der Waals surface area contributed by atoms with Crippen LogP contribution in [-0.4, -0.2) is 6.71 Å². The van der Waals surface area contributed by atoms with Crippen LogP contribution in [0.25, 0.3) is 44.0 Å². The molecule has 1 aromatic heterocycles. The van der Waals surface area contributed by atoms with Crippen molar-refractivity contribution in [3.63, 3.8) is 0 Å². The molecule has 86 heavy (non-hydrogen) atoms. The lowest BCUT2D eigenvalue weighted by atomic mass is 9.35. The molecule has 0 N–H and O–H groups in total. The Balaban J connectivity index is 0.963. The summed E-state index contributed by atoms with van der Waals surface area (Å²) in [4.78, 5) is 5.47. The van der Waals surface area contributed by atoms with Gasteiger partial charge in [0.05, 0.1) is 17.0 Å². The Hall–Kier alpha value is -6.78. The van der Waals surface area contributed by atoms with Gasteiger partial charge in [-0.1, -0.05) is 194 Å². The zero-order valence-corrected chi connectivity index (χ0v) is 53.8. The highest BCUT2D eigenvalue weighted by atomic mass is 16.3. The zero-order valence-electron chi connectivity index (χ0n) is 53.8. The van der Waals surface area contributed by atoms with Gasteiger partial charge >= 0.3 is 0 Å². The Morgan fingerprint density at radius 3 is 1.71 bits per heavy atom. The maximum atomic E-state index is 7.94. The molecular weight excluding hydrogens is 1040 g/mol. The first-order chi connectivity index (χ1) is 40.8. The highest BCUT2D eigenvalue weighted by molar-refractivity contribution is 7.00. The van der Waals surface area contributed by atoms with Crippen LogP contribution in [-0.2, 0) is 37.9 Å². The van der Waals surface area contributed by atoms with E-state index in [1.165, 1.54) is 162 Å². The number of anilines is 6. The standard InChI is InChI=1S/C82H87BN2O/c1-76(2,3)52-26-29-57-51(41-52)25-31-66-73(57)84(56-27-22-49(23-28-56)50-24-30-61-63(42-50)79(9,10)33-32-78(61,7)8)68-43-53(77(4,5)6)44-69-72(68)83(66)75-74(59-45-64-65(46-70(59)86-75)81(13,14)35-34-80(64,11)12)85(69)67-21-17-20-62-71(67)58-18-15-16-19-60(58)82(62)54-37-47-36-48(39-54)40-55(82)38-47/h15-31,41-48,54-55H,32-40H2,1-14H3. The van der Waals surface area contributed by atoms with Gasteiger partial charge in [0.25, 0.3) is 6.71 Å². The van der Waals surface area contributed by atoms with Gasteiger partial charge in [-0.3, -0.25) is 0 Å². The summed E-state index contributed by atoms with van der Waals surface area (Å²) >= 11 is 0. The fraction of sp³-hybridized carbons (Fsp3) is 0.415. The molecule has 8 aromatic carbocycles. The maximum absolute atomic E-state index is 7.94. The van der Waals surface area contributed by atoms with E-state index in [-0.39, 0.29) is 44.6 Å². The van der Waals surface area contributed by atoms with Crippen LogP contribution in [0.3, 0.4) is 0 Å². The molecule has 0 radical (unpaired) electrons. The predicted molar refractivity (Wildman–Crippen MR) is 364 cm³/mol. The minimum Gasteiger partial charge on any atom is -0.468 e. The third kappa shape index (κ3) is 7.22. The molecule has 9 aliphatic rings. The fourth-order valence-corrected chi connectivity index (χ4v) is 19.7. The van der Waals surface area contributed by atoms with E-state index in [4.69, 9.17) is 4.42 Å². The Morgan fingerprint density at radius 2 is 1.05 bits per heavy atom. The number of furan rings is 1. The second-order valence-corrected chi connectivity index (χ2v) is 33.4. The van der Waals surface area contributed by atoms with Gasteiger partial charge in [0.15, 0.2) is 0 Å². The van der Waals surface area contributed by atoms with Crippen molar-refractivity contribution in [2.75, 3.05) is 9.80 Å². The number of rotatable bonds is 3. The number of nitrogens with zero attached hydrogens (tertiary/aromatic N) is 2. The quantitative estimate of drug-likeness (QED) is 0.164. The summed E-state index contributed by atoms with van der Waals surface area (Å²) in [5, 5.41) is 3.77.